The molecule has 5 nitrogen and oxygen atoms in total. The summed E-state index contributed by atoms with van der Waals surface area (Å²) in [5.74, 6) is -0.271. The molecule has 124 valence electrons. The molecule has 0 radical (unpaired) electrons. The van der Waals surface area contributed by atoms with Crippen molar-refractivity contribution in [3.05, 3.63) is 69.3 Å². The van der Waals surface area contributed by atoms with Crippen LogP contribution in [0.4, 0.5) is 5.69 Å². The van der Waals surface area contributed by atoms with Gasteiger partial charge < -0.3 is 5.32 Å². The maximum Gasteiger partial charge on any atom is 0.283 e. The Bertz CT molecular complexity index is 792. The minimum atomic E-state index is -0.446. The number of carbonyl (C=O) groups excluding carboxylic acids is 1. The van der Waals surface area contributed by atoms with Crippen LogP contribution in [0.1, 0.15) is 40.4 Å². The largest absolute Gasteiger partial charge is 0.345 e. The number of fused-ring (bicyclic) bond motifs is 1. The molecule has 6 heteroatoms. The van der Waals surface area contributed by atoms with Crippen molar-refractivity contribution in [2.24, 2.45) is 0 Å². The van der Waals surface area contributed by atoms with E-state index >= 15 is 0 Å². The van der Waals surface area contributed by atoms with Crippen LogP contribution in [-0.4, -0.2) is 17.1 Å². The first kappa shape index (κ1) is 16.5. The van der Waals surface area contributed by atoms with Gasteiger partial charge in [-0.3, -0.25) is 14.9 Å². The van der Waals surface area contributed by atoms with Crippen molar-refractivity contribution >= 4 is 23.4 Å². The maximum atomic E-state index is 12.6. The van der Waals surface area contributed by atoms with E-state index in [0.29, 0.717) is 10.5 Å². The number of nitro groups is 1. The zero-order valence-corrected chi connectivity index (χ0v) is 14.1. The van der Waals surface area contributed by atoms with Crippen LogP contribution in [0.5, 0.6) is 0 Å². The fourth-order valence-electron chi connectivity index (χ4n) is 3.12. The summed E-state index contributed by atoms with van der Waals surface area (Å²) in [6.45, 7) is 0. The third kappa shape index (κ3) is 3.28. The summed E-state index contributed by atoms with van der Waals surface area (Å²) in [6.07, 6.45) is 4.71. The molecule has 0 saturated carbocycles. The molecule has 1 aliphatic rings. The van der Waals surface area contributed by atoms with Gasteiger partial charge in [0.2, 0.25) is 0 Å². The molecule has 0 spiro atoms. The number of benzene rings is 2. The Hall–Kier alpha value is -2.34. The molecular formula is C18H18N2O3S. The number of amides is 1. The van der Waals surface area contributed by atoms with Gasteiger partial charge in [0.15, 0.2) is 0 Å². The number of thioether (sulfide) groups is 1. The van der Waals surface area contributed by atoms with E-state index in [1.807, 2.05) is 18.2 Å². The molecule has 0 fully saturated rings. The van der Waals surface area contributed by atoms with Gasteiger partial charge in [-0.2, -0.15) is 0 Å². The molecule has 2 aromatic rings. The molecule has 24 heavy (non-hydrogen) atoms. The fourth-order valence-corrected chi connectivity index (χ4v) is 3.67. The summed E-state index contributed by atoms with van der Waals surface area (Å²) in [5.41, 5.74) is 2.70. The highest BCUT2D eigenvalue weighted by Gasteiger charge is 2.23. The van der Waals surface area contributed by atoms with Gasteiger partial charge in [-0.15, -0.1) is 11.8 Å². The van der Waals surface area contributed by atoms with E-state index in [4.69, 9.17) is 0 Å². The molecule has 1 aliphatic carbocycles. The minimum absolute atomic E-state index is 0.0285. The Balaban J connectivity index is 1.84. The van der Waals surface area contributed by atoms with E-state index in [0.717, 1.165) is 24.8 Å². The van der Waals surface area contributed by atoms with Gasteiger partial charge in [0.05, 0.1) is 15.9 Å². The highest BCUT2D eigenvalue weighted by molar-refractivity contribution is 7.98. The summed E-state index contributed by atoms with van der Waals surface area (Å²) < 4.78 is 0. The third-order valence-electron chi connectivity index (χ3n) is 4.31. The number of hydrogen-bond donors (Lipinski definition) is 1. The monoisotopic (exact) mass is 342 g/mol. The van der Waals surface area contributed by atoms with Gasteiger partial charge in [-0.25, -0.2) is 0 Å². The first-order valence-electron chi connectivity index (χ1n) is 7.81. The van der Waals surface area contributed by atoms with Crippen LogP contribution in [0.2, 0.25) is 0 Å². The first-order chi connectivity index (χ1) is 11.6. The Labute approximate surface area is 144 Å². The van der Waals surface area contributed by atoms with Crippen molar-refractivity contribution in [1.82, 2.24) is 5.32 Å². The molecular weight excluding hydrogens is 324 g/mol. The van der Waals surface area contributed by atoms with Gasteiger partial charge in [0.1, 0.15) is 0 Å². The molecule has 0 aromatic heterocycles. The van der Waals surface area contributed by atoms with Crippen molar-refractivity contribution in [3.63, 3.8) is 0 Å². The van der Waals surface area contributed by atoms with Crippen molar-refractivity contribution in [2.75, 3.05) is 6.26 Å². The number of nitrogens with one attached hydrogen (secondary N) is 1. The summed E-state index contributed by atoms with van der Waals surface area (Å²) >= 11 is 1.30. The molecule has 2 aromatic carbocycles. The zero-order chi connectivity index (χ0) is 17.1. The predicted octanol–water partition coefficient (Wildman–Crippen LogP) is 4.12. The number of rotatable bonds is 4. The number of hydrogen-bond acceptors (Lipinski definition) is 4. The molecule has 0 saturated heterocycles. The van der Waals surface area contributed by atoms with Crippen LogP contribution in [0.15, 0.2) is 47.4 Å². The van der Waals surface area contributed by atoms with Crippen molar-refractivity contribution in [2.45, 2.75) is 30.2 Å². The molecule has 1 amide bonds. The lowest BCUT2D eigenvalue weighted by atomic mass is 9.87. The minimum Gasteiger partial charge on any atom is -0.345 e. The lowest BCUT2D eigenvalue weighted by Gasteiger charge is -2.26. The lowest BCUT2D eigenvalue weighted by molar-refractivity contribution is -0.387. The van der Waals surface area contributed by atoms with Crippen LogP contribution < -0.4 is 5.32 Å². The fraction of sp³-hybridized carbons (Fsp3) is 0.278. The molecule has 3 rings (SSSR count). The van der Waals surface area contributed by atoms with Gasteiger partial charge in [-0.1, -0.05) is 24.3 Å². The SMILES string of the molecule is CSc1ccc(C(=O)N[C@H]2CCCc3ccccc32)cc1[N+](=O)[O-]. The standard InChI is InChI=1S/C18H18N2O3S/c1-24-17-10-9-13(11-16(17)20(22)23)18(21)19-15-8-4-6-12-5-2-3-7-14(12)15/h2-3,5,7,9-11,15H,4,6,8H2,1H3,(H,19,21)/t15-/m0/s1. The smallest absolute Gasteiger partial charge is 0.283 e. The van der Waals surface area contributed by atoms with Gasteiger partial charge in [0, 0.05) is 11.6 Å². The summed E-state index contributed by atoms with van der Waals surface area (Å²) in [6, 6.07) is 12.7. The number of aryl methyl sites for hydroxylation is 1. The summed E-state index contributed by atoms with van der Waals surface area (Å²) in [5, 5.41) is 14.2. The predicted molar refractivity (Wildman–Crippen MR) is 94.5 cm³/mol. The van der Waals surface area contributed by atoms with Crippen molar-refractivity contribution in [1.29, 1.82) is 0 Å². The summed E-state index contributed by atoms with van der Waals surface area (Å²) in [4.78, 5) is 23.8. The average Bonchev–Trinajstić information content (AvgIpc) is 2.61. The van der Waals surface area contributed by atoms with E-state index in [1.54, 1.807) is 18.4 Å². The molecule has 0 heterocycles. The molecule has 1 atom stereocenters. The summed E-state index contributed by atoms with van der Waals surface area (Å²) in [7, 11) is 0. The molecule has 0 aliphatic heterocycles. The maximum absolute atomic E-state index is 12.6. The van der Waals surface area contributed by atoms with E-state index < -0.39 is 4.92 Å². The Morgan fingerprint density at radius 2 is 2.08 bits per heavy atom. The van der Waals surface area contributed by atoms with Crippen LogP contribution in [0.3, 0.4) is 0 Å². The number of nitro benzene ring substituents is 1. The zero-order valence-electron chi connectivity index (χ0n) is 13.3. The van der Waals surface area contributed by atoms with Crippen LogP contribution in [0, 0.1) is 10.1 Å². The second-order valence-corrected chi connectivity index (χ2v) is 6.61. The van der Waals surface area contributed by atoms with Gasteiger partial charge >= 0.3 is 0 Å². The van der Waals surface area contributed by atoms with Crippen molar-refractivity contribution in [3.8, 4) is 0 Å². The molecule has 1 N–H and O–H groups in total. The lowest BCUT2D eigenvalue weighted by Crippen LogP contribution is -2.31. The average molecular weight is 342 g/mol. The molecule has 0 unspecified atom stereocenters. The van der Waals surface area contributed by atoms with Gasteiger partial charge in [-0.05, 0) is 48.8 Å². The Morgan fingerprint density at radius 3 is 2.83 bits per heavy atom. The van der Waals surface area contributed by atoms with E-state index in [2.05, 4.69) is 11.4 Å². The quantitative estimate of drug-likeness (QED) is 0.515. The first-order valence-corrected chi connectivity index (χ1v) is 9.03. The topological polar surface area (TPSA) is 72.2 Å². The Morgan fingerprint density at radius 1 is 1.29 bits per heavy atom. The second-order valence-electron chi connectivity index (χ2n) is 5.76. The van der Waals surface area contributed by atoms with E-state index in [9.17, 15) is 14.9 Å². The Kier molecular flexibility index (Phi) is 4.85. The van der Waals surface area contributed by atoms with E-state index in [-0.39, 0.29) is 17.6 Å². The number of carbonyl (C=O) groups is 1. The third-order valence-corrected chi connectivity index (χ3v) is 5.10. The van der Waals surface area contributed by atoms with Crippen LogP contribution >= 0.6 is 11.8 Å². The van der Waals surface area contributed by atoms with Crippen LogP contribution in [-0.2, 0) is 6.42 Å². The molecule has 0 bridgehead atoms. The number of nitrogens with zero attached hydrogens (tertiary/aromatic N) is 1. The van der Waals surface area contributed by atoms with Crippen molar-refractivity contribution < 1.29 is 9.72 Å². The van der Waals surface area contributed by atoms with Crippen LogP contribution in [0.25, 0.3) is 0 Å². The highest BCUT2D eigenvalue weighted by atomic mass is 32.2. The second kappa shape index (κ2) is 7.05. The van der Waals surface area contributed by atoms with E-state index in [1.165, 1.54) is 23.4 Å². The highest BCUT2D eigenvalue weighted by Crippen LogP contribution is 2.31. The van der Waals surface area contributed by atoms with Gasteiger partial charge in [0.25, 0.3) is 11.6 Å². The normalized spacial score (nSPS) is 16.3.